The van der Waals surface area contributed by atoms with E-state index >= 15 is 0 Å². The van der Waals surface area contributed by atoms with Gasteiger partial charge in [-0.1, -0.05) is 41.6 Å². The topological polar surface area (TPSA) is 78.4 Å². The molecule has 0 amide bonds. The van der Waals surface area contributed by atoms with Crippen LogP contribution in [-0.2, 0) is 0 Å². The number of anilines is 1. The van der Waals surface area contributed by atoms with Gasteiger partial charge in [0.15, 0.2) is 23.4 Å². The molecule has 30 heavy (non-hydrogen) atoms. The Balaban J connectivity index is 1.82. The van der Waals surface area contributed by atoms with Crippen LogP contribution in [0.2, 0.25) is 5.02 Å². The number of benzene rings is 2. The third kappa shape index (κ3) is 3.97. The standard InChI is InChI=1S/C21H21ClN4O3S/c1-4-27-16-11-12(10-14(22)18(16)28-5-2)19-23-15-9-7-6-8-13(15)17-20(29-19)24-21(30-3)26-25-17/h6-11,19,23H,4-5H2,1-3H3. The molecular formula is C21H21ClN4O3S. The van der Waals surface area contributed by atoms with Gasteiger partial charge in [-0.05, 0) is 38.3 Å². The lowest BCUT2D eigenvalue weighted by atomic mass is 10.1. The Morgan fingerprint density at radius 3 is 2.70 bits per heavy atom. The number of fused-ring (bicyclic) bond motifs is 3. The third-order valence-corrected chi connectivity index (χ3v) is 5.26. The minimum absolute atomic E-state index is 0.403. The van der Waals surface area contributed by atoms with E-state index in [1.165, 1.54) is 11.8 Å². The van der Waals surface area contributed by atoms with E-state index in [1.54, 1.807) is 0 Å². The van der Waals surface area contributed by atoms with Gasteiger partial charge in [-0.25, -0.2) is 0 Å². The zero-order chi connectivity index (χ0) is 21.1. The predicted molar refractivity (Wildman–Crippen MR) is 118 cm³/mol. The second kappa shape index (κ2) is 8.97. The van der Waals surface area contributed by atoms with Crippen molar-refractivity contribution in [2.45, 2.75) is 25.2 Å². The lowest BCUT2D eigenvalue weighted by Gasteiger charge is -2.21. The number of ether oxygens (including phenoxy) is 3. The Labute approximate surface area is 184 Å². The lowest BCUT2D eigenvalue weighted by Crippen LogP contribution is -2.17. The second-order valence-corrected chi connectivity index (χ2v) is 7.52. The van der Waals surface area contributed by atoms with E-state index in [-0.39, 0.29) is 0 Å². The molecule has 0 radical (unpaired) electrons. The van der Waals surface area contributed by atoms with E-state index in [1.807, 2.05) is 56.5 Å². The molecule has 1 atom stereocenters. The summed E-state index contributed by atoms with van der Waals surface area (Å²) in [6.45, 7) is 4.78. The summed E-state index contributed by atoms with van der Waals surface area (Å²) in [5, 5.41) is 12.9. The van der Waals surface area contributed by atoms with Crippen LogP contribution in [0.5, 0.6) is 17.4 Å². The largest absolute Gasteiger partial charge is 0.490 e. The van der Waals surface area contributed by atoms with Crippen molar-refractivity contribution in [3.8, 4) is 28.6 Å². The average molecular weight is 445 g/mol. The van der Waals surface area contributed by atoms with Crippen molar-refractivity contribution in [2.75, 3.05) is 24.8 Å². The van der Waals surface area contributed by atoms with Crippen LogP contribution in [0.15, 0.2) is 41.6 Å². The lowest BCUT2D eigenvalue weighted by molar-refractivity contribution is 0.223. The summed E-state index contributed by atoms with van der Waals surface area (Å²) < 4.78 is 17.7. The number of nitrogens with one attached hydrogen (secondary N) is 1. The van der Waals surface area contributed by atoms with Crippen molar-refractivity contribution in [3.05, 3.63) is 47.0 Å². The highest BCUT2D eigenvalue weighted by molar-refractivity contribution is 7.98. The summed E-state index contributed by atoms with van der Waals surface area (Å²) >= 11 is 7.93. The van der Waals surface area contributed by atoms with E-state index in [2.05, 4.69) is 20.5 Å². The molecule has 9 heteroatoms. The zero-order valence-corrected chi connectivity index (χ0v) is 18.4. The molecule has 0 bridgehead atoms. The van der Waals surface area contributed by atoms with Crippen LogP contribution in [0.1, 0.15) is 25.6 Å². The van der Waals surface area contributed by atoms with Crippen LogP contribution in [0.3, 0.4) is 0 Å². The molecule has 0 spiro atoms. The molecule has 156 valence electrons. The number of thioether (sulfide) groups is 1. The van der Waals surface area contributed by atoms with Gasteiger partial charge < -0.3 is 19.5 Å². The highest BCUT2D eigenvalue weighted by atomic mass is 35.5. The molecule has 1 aliphatic rings. The maximum atomic E-state index is 6.53. The van der Waals surface area contributed by atoms with Crippen LogP contribution in [0.4, 0.5) is 5.69 Å². The molecule has 1 N–H and O–H groups in total. The first-order chi connectivity index (χ1) is 14.6. The molecular weight excluding hydrogens is 424 g/mol. The van der Waals surface area contributed by atoms with Gasteiger partial charge in [-0.15, -0.1) is 10.2 Å². The molecule has 1 unspecified atom stereocenters. The Morgan fingerprint density at radius 2 is 1.93 bits per heavy atom. The zero-order valence-electron chi connectivity index (χ0n) is 16.8. The summed E-state index contributed by atoms with van der Waals surface area (Å²) in [7, 11) is 0. The summed E-state index contributed by atoms with van der Waals surface area (Å²) in [5.74, 6) is 1.49. The van der Waals surface area contributed by atoms with Gasteiger partial charge in [0.05, 0.1) is 18.2 Å². The quantitative estimate of drug-likeness (QED) is 0.519. The minimum Gasteiger partial charge on any atom is -0.490 e. The van der Waals surface area contributed by atoms with Gasteiger partial charge in [0.1, 0.15) is 0 Å². The van der Waals surface area contributed by atoms with Crippen molar-refractivity contribution in [1.82, 2.24) is 15.2 Å². The smallest absolute Gasteiger partial charge is 0.247 e. The summed E-state index contributed by atoms with van der Waals surface area (Å²) in [6, 6.07) is 11.5. The van der Waals surface area contributed by atoms with Gasteiger partial charge in [0.2, 0.25) is 11.0 Å². The number of halogens is 1. The SMILES string of the molecule is CCOc1cc(C2Nc3ccccc3-c3nnc(SC)nc3O2)cc(Cl)c1OCC. The highest BCUT2D eigenvalue weighted by Gasteiger charge is 2.27. The fraction of sp³-hybridized carbons (Fsp3) is 0.286. The van der Waals surface area contributed by atoms with E-state index in [0.717, 1.165) is 16.8 Å². The number of nitrogens with zero attached hydrogens (tertiary/aromatic N) is 3. The fourth-order valence-corrected chi connectivity index (χ4v) is 3.74. The molecule has 0 saturated carbocycles. The maximum absolute atomic E-state index is 6.53. The number of rotatable bonds is 6. The molecule has 4 rings (SSSR count). The van der Waals surface area contributed by atoms with E-state index in [4.69, 9.17) is 25.8 Å². The fourth-order valence-electron chi connectivity index (χ4n) is 3.17. The minimum atomic E-state index is -0.564. The maximum Gasteiger partial charge on any atom is 0.247 e. The van der Waals surface area contributed by atoms with Crippen LogP contribution < -0.4 is 19.5 Å². The average Bonchev–Trinajstić information content (AvgIpc) is 2.92. The molecule has 0 aliphatic carbocycles. The first kappa shape index (κ1) is 20.6. The number of hydrogen-bond donors (Lipinski definition) is 1. The Bertz CT molecular complexity index is 1070. The van der Waals surface area contributed by atoms with E-state index in [9.17, 15) is 0 Å². The molecule has 0 saturated heterocycles. The Morgan fingerprint density at radius 1 is 1.13 bits per heavy atom. The van der Waals surface area contributed by atoms with Crippen molar-refractivity contribution in [1.29, 1.82) is 0 Å². The highest BCUT2D eigenvalue weighted by Crippen LogP contribution is 2.43. The summed E-state index contributed by atoms with van der Waals surface area (Å²) in [4.78, 5) is 4.53. The van der Waals surface area contributed by atoms with E-state index < -0.39 is 6.23 Å². The molecule has 7 nitrogen and oxygen atoms in total. The van der Waals surface area contributed by atoms with Crippen LogP contribution in [0.25, 0.3) is 11.3 Å². The molecule has 0 fully saturated rings. The van der Waals surface area contributed by atoms with Gasteiger partial charge in [-0.3, -0.25) is 0 Å². The third-order valence-electron chi connectivity index (χ3n) is 4.44. The van der Waals surface area contributed by atoms with Gasteiger partial charge in [0.25, 0.3) is 0 Å². The van der Waals surface area contributed by atoms with Crippen LogP contribution in [-0.4, -0.2) is 34.7 Å². The van der Waals surface area contributed by atoms with Gasteiger partial charge in [-0.2, -0.15) is 4.98 Å². The number of aromatic nitrogens is 3. The Hall–Kier alpha value is -2.71. The molecule has 1 aliphatic heterocycles. The molecule has 1 aromatic heterocycles. The summed E-state index contributed by atoms with van der Waals surface area (Å²) in [5.41, 5.74) is 3.08. The van der Waals surface area contributed by atoms with Crippen molar-refractivity contribution < 1.29 is 14.2 Å². The van der Waals surface area contributed by atoms with Crippen LogP contribution >= 0.6 is 23.4 Å². The van der Waals surface area contributed by atoms with Crippen molar-refractivity contribution >= 4 is 29.1 Å². The Kier molecular flexibility index (Phi) is 6.15. The molecule has 2 aromatic carbocycles. The second-order valence-electron chi connectivity index (χ2n) is 6.34. The van der Waals surface area contributed by atoms with E-state index in [0.29, 0.717) is 46.5 Å². The van der Waals surface area contributed by atoms with Gasteiger partial charge >= 0.3 is 0 Å². The molecule has 3 aromatic rings. The van der Waals surface area contributed by atoms with Crippen molar-refractivity contribution in [3.63, 3.8) is 0 Å². The number of para-hydroxylation sites is 1. The first-order valence-electron chi connectivity index (χ1n) is 9.54. The first-order valence-corrected chi connectivity index (χ1v) is 11.1. The van der Waals surface area contributed by atoms with Gasteiger partial charge in [0, 0.05) is 16.8 Å². The monoisotopic (exact) mass is 444 g/mol. The van der Waals surface area contributed by atoms with Crippen molar-refractivity contribution in [2.24, 2.45) is 0 Å². The van der Waals surface area contributed by atoms with Crippen LogP contribution in [0, 0.1) is 0 Å². The normalized spacial score (nSPS) is 14.6. The molecule has 2 heterocycles. The predicted octanol–water partition coefficient (Wildman–Crippen LogP) is 5.21. The number of hydrogen-bond acceptors (Lipinski definition) is 8. The summed E-state index contributed by atoms with van der Waals surface area (Å²) in [6.07, 6.45) is 1.33.